The molecule has 0 aliphatic heterocycles. The van der Waals surface area contributed by atoms with Gasteiger partial charge in [0.05, 0.1) is 18.2 Å². The van der Waals surface area contributed by atoms with Crippen molar-refractivity contribution in [1.29, 1.82) is 0 Å². The van der Waals surface area contributed by atoms with Gasteiger partial charge in [-0.05, 0) is 31.2 Å². The van der Waals surface area contributed by atoms with E-state index in [4.69, 9.17) is 15.2 Å². The van der Waals surface area contributed by atoms with Crippen molar-refractivity contribution >= 4 is 11.7 Å². The Morgan fingerprint density at radius 2 is 2.19 bits per heavy atom. The van der Waals surface area contributed by atoms with Crippen LogP contribution in [0.15, 0.2) is 30.5 Å². The molecule has 0 saturated heterocycles. The first-order valence-corrected chi connectivity index (χ1v) is 6.23. The monoisotopic (exact) mass is 290 g/mol. The number of hydrogen-bond acceptors (Lipinski definition) is 5. The van der Waals surface area contributed by atoms with Crippen LogP contribution in [0, 0.1) is 12.7 Å². The summed E-state index contributed by atoms with van der Waals surface area (Å²) in [5.41, 5.74) is 6.84. The van der Waals surface area contributed by atoms with Crippen molar-refractivity contribution < 1.29 is 18.7 Å². The minimum atomic E-state index is -0.661. The Morgan fingerprint density at radius 1 is 1.43 bits per heavy atom. The summed E-state index contributed by atoms with van der Waals surface area (Å²) in [6, 6.07) is 5.92. The average Bonchev–Trinajstić information content (AvgIpc) is 2.49. The highest BCUT2D eigenvalue weighted by Gasteiger charge is 2.13. The molecule has 21 heavy (non-hydrogen) atoms. The zero-order chi connectivity index (χ0) is 15.4. The number of ether oxygens (including phenoxy) is 2. The fourth-order valence-electron chi connectivity index (χ4n) is 1.76. The second kappa shape index (κ2) is 6.21. The van der Waals surface area contributed by atoms with Gasteiger partial charge in [-0.1, -0.05) is 0 Å². The van der Waals surface area contributed by atoms with Crippen molar-refractivity contribution in [2.45, 2.75) is 13.5 Å². The van der Waals surface area contributed by atoms with Crippen LogP contribution in [0.2, 0.25) is 0 Å². The number of halogens is 1. The molecule has 0 unspecified atom stereocenters. The van der Waals surface area contributed by atoms with Gasteiger partial charge in [-0.25, -0.2) is 14.2 Å². The summed E-state index contributed by atoms with van der Waals surface area (Å²) in [7, 11) is 1.48. The Morgan fingerprint density at radius 3 is 2.86 bits per heavy atom. The number of nitrogen functional groups attached to an aromatic ring is 1. The molecule has 0 spiro atoms. The molecule has 0 atom stereocenters. The van der Waals surface area contributed by atoms with Gasteiger partial charge in [0.2, 0.25) is 5.88 Å². The fraction of sp³-hybridized carbons (Fsp3) is 0.200. The second-order valence-corrected chi connectivity index (χ2v) is 4.42. The zero-order valence-electron chi connectivity index (χ0n) is 11.7. The van der Waals surface area contributed by atoms with E-state index in [1.54, 1.807) is 25.3 Å². The number of benzene rings is 1. The van der Waals surface area contributed by atoms with Gasteiger partial charge in [0, 0.05) is 17.4 Å². The summed E-state index contributed by atoms with van der Waals surface area (Å²) in [5, 5.41) is 0. The highest BCUT2D eigenvalue weighted by atomic mass is 19.1. The number of carbonyl (C=O) groups is 1. The molecular formula is C15H15FN2O3. The third-order valence-electron chi connectivity index (χ3n) is 3.02. The van der Waals surface area contributed by atoms with Crippen molar-refractivity contribution in [2.75, 3.05) is 12.8 Å². The Balaban J connectivity index is 2.12. The van der Waals surface area contributed by atoms with Gasteiger partial charge in [0.25, 0.3) is 0 Å². The van der Waals surface area contributed by atoms with Gasteiger partial charge in [-0.15, -0.1) is 0 Å². The lowest BCUT2D eigenvalue weighted by Gasteiger charge is -2.09. The number of aromatic nitrogens is 1. The number of hydrogen-bond donors (Lipinski definition) is 1. The van der Waals surface area contributed by atoms with Crippen molar-refractivity contribution in [1.82, 2.24) is 4.98 Å². The number of pyridine rings is 1. The summed E-state index contributed by atoms with van der Waals surface area (Å²) in [5.74, 6) is -0.827. The summed E-state index contributed by atoms with van der Waals surface area (Å²) in [6.07, 6.45) is 1.57. The standard InChI is InChI=1S/C15H15FN2O3/c1-9-12(16)6-11(7-13(9)17)15(19)21-8-10-4-3-5-18-14(10)20-2/h3-7H,8,17H2,1-2H3. The third-order valence-corrected chi connectivity index (χ3v) is 3.02. The lowest BCUT2D eigenvalue weighted by Crippen LogP contribution is -2.08. The highest BCUT2D eigenvalue weighted by molar-refractivity contribution is 5.90. The van der Waals surface area contributed by atoms with E-state index in [0.717, 1.165) is 6.07 Å². The maximum atomic E-state index is 13.6. The average molecular weight is 290 g/mol. The fourth-order valence-corrected chi connectivity index (χ4v) is 1.76. The van der Waals surface area contributed by atoms with Gasteiger partial charge < -0.3 is 15.2 Å². The molecule has 0 aliphatic carbocycles. The van der Waals surface area contributed by atoms with Gasteiger partial charge in [0.1, 0.15) is 12.4 Å². The van der Waals surface area contributed by atoms with Gasteiger partial charge in [-0.3, -0.25) is 0 Å². The number of methoxy groups -OCH3 is 1. The molecule has 1 aromatic heterocycles. The van der Waals surface area contributed by atoms with E-state index in [1.807, 2.05) is 0 Å². The number of nitrogens with zero attached hydrogens (tertiary/aromatic N) is 1. The van der Waals surface area contributed by atoms with E-state index in [-0.39, 0.29) is 17.9 Å². The molecular weight excluding hydrogens is 275 g/mol. The van der Waals surface area contributed by atoms with Crippen LogP contribution in [0.1, 0.15) is 21.5 Å². The predicted octanol–water partition coefficient (Wildman–Crippen LogP) is 2.48. The molecule has 2 aromatic rings. The first kappa shape index (κ1) is 14.8. The van der Waals surface area contributed by atoms with Crippen LogP contribution in [0.4, 0.5) is 10.1 Å². The van der Waals surface area contributed by atoms with Crippen LogP contribution in [0.25, 0.3) is 0 Å². The molecule has 2 rings (SSSR count). The van der Waals surface area contributed by atoms with Crippen LogP contribution in [-0.2, 0) is 11.3 Å². The summed E-state index contributed by atoms with van der Waals surface area (Å²) < 4.78 is 23.7. The summed E-state index contributed by atoms with van der Waals surface area (Å²) >= 11 is 0. The largest absolute Gasteiger partial charge is 0.481 e. The topological polar surface area (TPSA) is 74.4 Å². The third kappa shape index (κ3) is 3.28. The number of anilines is 1. The molecule has 6 heteroatoms. The SMILES string of the molecule is COc1ncccc1COC(=O)c1cc(N)c(C)c(F)c1. The normalized spacial score (nSPS) is 10.2. The number of esters is 1. The Labute approximate surface area is 121 Å². The lowest BCUT2D eigenvalue weighted by atomic mass is 10.1. The summed E-state index contributed by atoms with van der Waals surface area (Å²) in [4.78, 5) is 15.9. The molecule has 5 nitrogen and oxygen atoms in total. The van der Waals surface area contributed by atoms with E-state index in [2.05, 4.69) is 4.98 Å². The minimum absolute atomic E-state index is 0.0226. The van der Waals surface area contributed by atoms with Crippen molar-refractivity contribution in [3.8, 4) is 5.88 Å². The van der Waals surface area contributed by atoms with Crippen LogP contribution >= 0.6 is 0 Å². The molecule has 0 aliphatic rings. The Hall–Kier alpha value is -2.63. The first-order valence-electron chi connectivity index (χ1n) is 6.23. The molecule has 2 N–H and O–H groups in total. The quantitative estimate of drug-likeness (QED) is 0.691. The van der Waals surface area contributed by atoms with Gasteiger partial charge in [-0.2, -0.15) is 0 Å². The van der Waals surface area contributed by atoms with Crippen LogP contribution in [-0.4, -0.2) is 18.1 Å². The van der Waals surface area contributed by atoms with Crippen molar-refractivity contribution in [2.24, 2.45) is 0 Å². The van der Waals surface area contributed by atoms with E-state index in [0.29, 0.717) is 17.0 Å². The molecule has 0 bridgehead atoms. The summed E-state index contributed by atoms with van der Waals surface area (Å²) in [6.45, 7) is 1.52. The first-order chi connectivity index (χ1) is 10.0. The van der Waals surface area contributed by atoms with Crippen LogP contribution < -0.4 is 10.5 Å². The second-order valence-electron chi connectivity index (χ2n) is 4.42. The Bertz CT molecular complexity index is 651. The molecule has 1 heterocycles. The maximum absolute atomic E-state index is 13.6. The maximum Gasteiger partial charge on any atom is 0.338 e. The molecule has 110 valence electrons. The smallest absolute Gasteiger partial charge is 0.338 e. The van der Waals surface area contributed by atoms with Crippen LogP contribution in [0.3, 0.4) is 0 Å². The van der Waals surface area contributed by atoms with Crippen LogP contribution in [0.5, 0.6) is 5.88 Å². The van der Waals surface area contributed by atoms with Crippen molar-refractivity contribution in [3.63, 3.8) is 0 Å². The van der Waals surface area contributed by atoms with Gasteiger partial charge >= 0.3 is 5.97 Å². The van der Waals surface area contributed by atoms with E-state index >= 15 is 0 Å². The number of carbonyl (C=O) groups excluding carboxylic acids is 1. The molecule has 0 radical (unpaired) electrons. The van der Waals surface area contributed by atoms with E-state index in [9.17, 15) is 9.18 Å². The van der Waals surface area contributed by atoms with E-state index in [1.165, 1.54) is 13.2 Å². The number of rotatable bonds is 4. The molecule has 1 aromatic carbocycles. The van der Waals surface area contributed by atoms with E-state index < -0.39 is 11.8 Å². The highest BCUT2D eigenvalue weighted by Crippen LogP contribution is 2.20. The zero-order valence-corrected chi connectivity index (χ0v) is 11.7. The number of nitrogens with two attached hydrogens (primary N) is 1. The van der Waals surface area contributed by atoms with Crippen molar-refractivity contribution in [3.05, 3.63) is 53.0 Å². The molecule has 0 fully saturated rings. The lowest BCUT2D eigenvalue weighted by molar-refractivity contribution is 0.0469. The minimum Gasteiger partial charge on any atom is -0.481 e. The molecule has 0 saturated carbocycles. The Kier molecular flexibility index (Phi) is 4.37. The molecule has 0 amide bonds. The van der Waals surface area contributed by atoms with Gasteiger partial charge in [0.15, 0.2) is 0 Å². The predicted molar refractivity (Wildman–Crippen MR) is 75.5 cm³/mol.